The van der Waals surface area contributed by atoms with Crippen molar-refractivity contribution < 1.29 is 14.7 Å². The fourth-order valence-electron chi connectivity index (χ4n) is 2.43. The van der Waals surface area contributed by atoms with Gasteiger partial charge in [0, 0.05) is 5.92 Å². The fourth-order valence-corrected chi connectivity index (χ4v) is 2.43. The van der Waals surface area contributed by atoms with Crippen LogP contribution in [0.1, 0.15) is 32.3 Å². The maximum absolute atomic E-state index is 12.2. The molecule has 0 radical (unpaired) electrons. The summed E-state index contributed by atoms with van der Waals surface area (Å²) < 4.78 is 0. The molecular weight excluding hydrogens is 254 g/mol. The lowest BCUT2D eigenvalue weighted by Crippen LogP contribution is -2.55. The Kier molecular flexibility index (Phi) is 4.12. The molecule has 0 spiro atoms. The van der Waals surface area contributed by atoms with Gasteiger partial charge >= 0.3 is 5.97 Å². The fraction of sp³-hybridized carbons (Fsp3) is 0.500. The number of nitrogens with one attached hydrogen (secondary N) is 1. The van der Waals surface area contributed by atoms with Gasteiger partial charge in [0.1, 0.15) is 5.54 Å². The number of rotatable bonds is 6. The molecule has 1 aromatic carbocycles. The van der Waals surface area contributed by atoms with Gasteiger partial charge in [0.2, 0.25) is 5.91 Å². The summed E-state index contributed by atoms with van der Waals surface area (Å²) in [4.78, 5) is 23.6. The summed E-state index contributed by atoms with van der Waals surface area (Å²) in [7, 11) is 0. The van der Waals surface area contributed by atoms with E-state index in [-0.39, 0.29) is 17.7 Å². The zero-order chi connectivity index (χ0) is 14.8. The van der Waals surface area contributed by atoms with Gasteiger partial charge in [0.25, 0.3) is 0 Å². The van der Waals surface area contributed by atoms with Crippen LogP contribution >= 0.6 is 0 Å². The third kappa shape index (κ3) is 3.18. The van der Waals surface area contributed by atoms with Gasteiger partial charge in [-0.05, 0) is 37.7 Å². The molecule has 1 saturated carbocycles. The van der Waals surface area contributed by atoms with Crippen molar-refractivity contribution in [3.8, 4) is 0 Å². The van der Waals surface area contributed by atoms with Crippen molar-refractivity contribution in [1.82, 2.24) is 5.32 Å². The largest absolute Gasteiger partial charge is 0.480 e. The Bertz CT molecular complexity index is 496. The van der Waals surface area contributed by atoms with Crippen LogP contribution in [0, 0.1) is 11.8 Å². The molecule has 0 heterocycles. The summed E-state index contributed by atoms with van der Waals surface area (Å²) in [6.45, 7) is 3.44. The lowest BCUT2D eigenvalue weighted by molar-refractivity contribution is -0.148. The summed E-state index contributed by atoms with van der Waals surface area (Å²) in [5, 5.41) is 12.1. The van der Waals surface area contributed by atoms with Gasteiger partial charge in [-0.3, -0.25) is 4.79 Å². The molecule has 1 amide bonds. The number of carbonyl (C=O) groups is 2. The molecule has 2 atom stereocenters. The van der Waals surface area contributed by atoms with E-state index in [1.54, 1.807) is 6.92 Å². The van der Waals surface area contributed by atoms with Gasteiger partial charge in [0.15, 0.2) is 0 Å². The van der Waals surface area contributed by atoms with Crippen LogP contribution in [0.4, 0.5) is 0 Å². The van der Waals surface area contributed by atoms with E-state index in [0.717, 1.165) is 18.4 Å². The minimum Gasteiger partial charge on any atom is -0.480 e. The standard InChI is InChI=1S/C16H21NO3/c1-11(10-12-6-4-3-5-7-12)14(18)17-16(2,15(19)20)13-8-9-13/h3-7,11,13H,8-10H2,1-2H3,(H,17,18)(H,19,20). The molecular formula is C16H21NO3. The Morgan fingerprint density at radius 3 is 2.45 bits per heavy atom. The highest BCUT2D eigenvalue weighted by Gasteiger charge is 2.48. The molecule has 1 aromatic rings. The number of amides is 1. The van der Waals surface area contributed by atoms with Crippen LogP contribution in [0.15, 0.2) is 30.3 Å². The van der Waals surface area contributed by atoms with Crippen LogP contribution < -0.4 is 5.32 Å². The minimum absolute atomic E-state index is 0.0628. The normalized spacial score (nSPS) is 18.9. The highest BCUT2D eigenvalue weighted by Crippen LogP contribution is 2.39. The minimum atomic E-state index is -1.12. The van der Waals surface area contributed by atoms with Crippen LogP contribution in [0.2, 0.25) is 0 Å². The van der Waals surface area contributed by atoms with E-state index in [0.29, 0.717) is 6.42 Å². The topological polar surface area (TPSA) is 66.4 Å². The second-order valence-corrected chi connectivity index (χ2v) is 5.86. The van der Waals surface area contributed by atoms with Crippen molar-refractivity contribution in [2.24, 2.45) is 11.8 Å². The van der Waals surface area contributed by atoms with Crippen LogP contribution in [-0.2, 0) is 16.0 Å². The Labute approximate surface area is 119 Å². The van der Waals surface area contributed by atoms with E-state index in [9.17, 15) is 14.7 Å². The summed E-state index contributed by atoms with van der Waals surface area (Å²) in [6, 6.07) is 9.75. The van der Waals surface area contributed by atoms with E-state index < -0.39 is 11.5 Å². The first kappa shape index (κ1) is 14.6. The molecule has 4 nitrogen and oxygen atoms in total. The van der Waals surface area contributed by atoms with Gasteiger partial charge in [-0.1, -0.05) is 37.3 Å². The number of aliphatic carboxylic acids is 1. The number of hydrogen-bond donors (Lipinski definition) is 2. The van der Waals surface area contributed by atoms with E-state index in [1.807, 2.05) is 37.3 Å². The van der Waals surface area contributed by atoms with Gasteiger partial charge in [0.05, 0.1) is 0 Å². The zero-order valence-corrected chi connectivity index (χ0v) is 11.9. The van der Waals surface area contributed by atoms with Gasteiger partial charge in [-0.2, -0.15) is 0 Å². The lowest BCUT2D eigenvalue weighted by Gasteiger charge is -2.27. The number of carboxylic acids is 1. The molecule has 0 bridgehead atoms. The summed E-state index contributed by atoms with van der Waals surface area (Å²) in [5.74, 6) is -1.31. The van der Waals surface area contributed by atoms with Crippen LogP contribution in [0.3, 0.4) is 0 Å². The summed E-state index contributed by atoms with van der Waals surface area (Å²) in [5.41, 5.74) is -0.0409. The average Bonchev–Trinajstić information content (AvgIpc) is 3.24. The summed E-state index contributed by atoms with van der Waals surface area (Å²) in [6.07, 6.45) is 2.36. The SMILES string of the molecule is CC(Cc1ccccc1)C(=O)NC(C)(C(=O)O)C1CC1. The van der Waals surface area contributed by atoms with E-state index in [2.05, 4.69) is 5.32 Å². The zero-order valence-electron chi connectivity index (χ0n) is 11.9. The third-order valence-corrected chi connectivity index (χ3v) is 4.05. The second-order valence-electron chi connectivity index (χ2n) is 5.86. The maximum atomic E-state index is 12.2. The predicted octanol–water partition coefficient (Wildman–Crippen LogP) is 2.23. The molecule has 108 valence electrons. The average molecular weight is 275 g/mol. The van der Waals surface area contributed by atoms with Crippen molar-refractivity contribution in [2.75, 3.05) is 0 Å². The highest BCUT2D eigenvalue weighted by molar-refractivity contribution is 5.88. The first-order valence-electron chi connectivity index (χ1n) is 7.03. The molecule has 0 aromatic heterocycles. The van der Waals surface area contributed by atoms with Crippen LogP contribution in [-0.4, -0.2) is 22.5 Å². The number of benzene rings is 1. The smallest absolute Gasteiger partial charge is 0.329 e. The molecule has 2 rings (SSSR count). The number of carboxylic acid groups (broad SMARTS) is 1. The Morgan fingerprint density at radius 1 is 1.35 bits per heavy atom. The van der Waals surface area contributed by atoms with Crippen molar-refractivity contribution in [3.05, 3.63) is 35.9 Å². The van der Waals surface area contributed by atoms with Gasteiger partial charge in [-0.15, -0.1) is 0 Å². The first-order valence-corrected chi connectivity index (χ1v) is 7.03. The van der Waals surface area contributed by atoms with Crippen LogP contribution in [0.5, 0.6) is 0 Å². The molecule has 4 heteroatoms. The molecule has 2 N–H and O–H groups in total. The third-order valence-electron chi connectivity index (χ3n) is 4.05. The van der Waals surface area contributed by atoms with Crippen molar-refractivity contribution >= 4 is 11.9 Å². The van der Waals surface area contributed by atoms with Gasteiger partial charge in [-0.25, -0.2) is 4.79 Å². The molecule has 1 aliphatic rings. The molecule has 20 heavy (non-hydrogen) atoms. The highest BCUT2D eigenvalue weighted by atomic mass is 16.4. The number of hydrogen-bond acceptors (Lipinski definition) is 2. The van der Waals surface area contributed by atoms with E-state index in [1.165, 1.54) is 0 Å². The molecule has 2 unspecified atom stereocenters. The monoisotopic (exact) mass is 275 g/mol. The van der Waals surface area contributed by atoms with Crippen molar-refractivity contribution in [3.63, 3.8) is 0 Å². The molecule has 1 aliphatic carbocycles. The van der Waals surface area contributed by atoms with Gasteiger partial charge < -0.3 is 10.4 Å². The quantitative estimate of drug-likeness (QED) is 0.836. The lowest BCUT2D eigenvalue weighted by atomic mass is 9.93. The first-order chi connectivity index (χ1) is 9.43. The van der Waals surface area contributed by atoms with Crippen LogP contribution in [0.25, 0.3) is 0 Å². The molecule has 1 fully saturated rings. The Morgan fingerprint density at radius 2 is 1.95 bits per heavy atom. The Balaban J connectivity index is 1.98. The maximum Gasteiger partial charge on any atom is 0.329 e. The molecule has 0 saturated heterocycles. The molecule has 0 aliphatic heterocycles. The van der Waals surface area contributed by atoms with Crippen molar-refractivity contribution in [2.45, 2.75) is 38.6 Å². The van der Waals surface area contributed by atoms with E-state index >= 15 is 0 Å². The van der Waals surface area contributed by atoms with E-state index in [4.69, 9.17) is 0 Å². The second kappa shape index (κ2) is 5.65. The number of carbonyl (C=O) groups excluding carboxylic acids is 1. The summed E-state index contributed by atoms with van der Waals surface area (Å²) >= 11 is 0. The predicted molar refractivity (Wildman–Crippen MR) is 76.2 cm³/mol. The van der Waals surface area contributed by atoms with Crippen molar-refractivity contribution in [1.29, 1.82) is 0 Å². The Hall–Kier alpha value is -1.84.